The van der Waals surface area contributed by atoms with Crippen molar-refractivity contribution in [1.29, 1.82) is 0 Å². The summed E-state index contributed by atoms with van der Waals surface area (Å²) in [5, 5.41) is 13.3. The molecule has 1 unspecified atom stereocenters. The Morgan fingerprint density at radius 3 is 2.51 bits per heavy atom. The van der Waals surface area contributed by atoms with Gasteiger partial charge in [-0.2, -0.15) is 0 Å². The molecular weight excluding hydrogens is 556 g/mol. The number of nitrogens with one attached hydrogen (secondary N) is 1. The first-order valence-electron chi connectivity index (χ1n) is 13.8. The lowest BCUT2D eigenvalue weighted by molar-refractivity contribution is -0.0573. The number of carbonyl (C=O) groups excluding carboxylic acids is 2. The molecule has 8 nitrogen and oxygen atoms in total. The standard InChI is InChI=1S/C31H29F2N3O5.C2H6/c1-3-4-5-6-10-13-25(20-11-8-7-9-12-20)36-26(41-2)19-35-18-23(28(37)29(38)27(35)31(36)40)30(39)34-17-21-14-15-22(32)16-24(21)33;1-2/h3-12,14-16,18,25-26,38H,1,13,17,19H2,2H3,(H,34,39);1-2H3/b5-4-,10-6+;/t25-,26?;/m0./s1. The Morgan fingerprint density at radius 1 is 1.14 bits per heavy atom. The van der Waals surface area contributed by atoms with Gasteiger partial charge in [0, 0.05) is 31.5 Å². The number of allylic oxidation sites excluding steroid dienone is 4. The van der Waals surface area contributed by atoms with Crippen molar-refractivity contribution in [3.05, 3.63) is 136 Å². The van der Waals surface area contributed by atoms with E-state index < -0.39 is 52.5 Å². The Labute approximate surface area is 249 Å². The molecule has 2 atom stereocenters. The molecule has 43 heavy (non-hydrogen) atoms. The number of hydrogen-bond acceptors (Lipinski definition) is 5. The number of pyridine rings is 1. The van der Waals surface area contributed by atoms with E-state index in [0.29, 0.717) is 12.5 Å². The van der Waals surface area contributed by atoms with Crippen LogP contribution in [0.25, 0.3) is 0 Å². The van der Waals surface area contributed by atoms with Gasteiger partial charge in [0.05, 0.1) is 12.6 Å². The zero-order valence-electron chi connectivity index (χ0n) is 24.3. The number of amides is 2. The van der Waals surface area contributed by atoms with Crippen LogP contribution in [0, 0.1) is 11.6 Å². The summed E-state index contributed by atoms with van der Waals surface area (Å²) in [6.07, 6.45) is 9.70. The number of aromatic nitrogens is 1. The lowest BCUT2D eigenvalue weighted by Crippen LogP contribution is -2.51. The minimum atomic E-state index is -1.05. The Kier molecular flexibility index (Phi) is 11.7. The van der Waals surface area contributed by atoms with E-state index in [1.807, 2.05) is 56.3 Å². The maximum atomic E-state index is 14.0. The van der Waals surface area contributed by atoms with Gasteiger partial charge in [-0.25, -0.2) is 8.78 Å². The van der Waals surface area contributed by atoms with Crippen LogP contribution >= 0.6 is 0 Å². The highest BCUT2D eigenvalue weighted by Crippen LogP contribution is 2.34. The second-order valence-corrected chi connectivity index (χ2v) is 9.25. The number of methoxy groups -OCH3 is 1. The molecule has 10 heteroatoms. The number of aromatic hydroxyl groups is 1. The maximum Gasteiger partial charge on any atom is 0.277 e. The number of benzene rings is 2. The van der Waals surface area contributed by atoms with Gasteiger partial charge in [0.25, 0.3) is 11.8 Å². The minimum Gasteiger partial charge on any atom is -0.503 e. The van der Waals surface area contributed by atoms with E-state index in [1.54, 1.807) is 18.2 Å². The summed E-state index contributed by atoms with van der Waals surface area (Å²) in [7, 11) is 1.44. The average Bonchev–Trinajstić information content (AvgIpc) is 3.01. The molecule has 0 spiro atoms. The Morgan fingerprint density at radius 2 is 1.86 bits per heavy atom. The van der Waals surface area contributed by atoms with Gasteiger partial charge in [0.15, 0.2) is 17.7 Å². The van der Waals surface area contributed by atoms with Crippen LogP contribution in [0.1, 0.15) is 58.3 Å². The first-order valence-corrected chi connectivity index (χ1v) is 13.8. The molecule has 0 radical (unpaired) electrons. The number of nitrogens with zero attached hydrogens (tertiary/aromatic N) is 2. The molecule has 4 rings (SSSR count). The fourth-order valence-corrected chi connectivity index (χ4v) is 4.67. The van der Waals surface area contributed by atoms with Crippen molar-refractivity contribution >= 4 is 11.8 Å². The Bertz CT molecular complexity index is 1570. The normalized spacial score (nSPS) is 15.1. The quantitative estimate of drug-likeness (QED) is 0.297. The Hall–Kier alpha value is -4.83. The fourth-order valence-electron chi connectivity index (χ4n) is 4.67. The van der Waals surface area contributed by atoms with Crippen LogP contribution in [0.5, 0.6) is 5.75 Å². The van der Waals surface area contributed by atoms with Crippen molar-refractivity contribution in [2.24, 2.45) is 0 Å². The third kappa shape index (κ3) is 7.52. The summed E-state index contributed by atoms with van der Waals surface area (Å²) in [6, 6.07) is 11.7. The number of ether oxygens (including phenoxy) is 1. The molecule has 226 valence electrons. The number of hydrogen-bond donors (Lipinski definition) is 2. The minimum absolute atomic E-state index is 0.00767. The van der Waals surface area contributed by atoms with E-state index in [9.17, 15) is 28.3 Å². The van der Waals surface area contributed by atoms with E-state index >= 15 is 0 Å². The number of carbonyl (C=O) groups is 2. The highest BCUT2D eigenvalue weighted by Gasteiger charge is 2.40. The Balaban J connectivity index is 0.00000248. The van der Waals surface area contributed by atoms with Crippen molar-refractivity contribution in [1.82, 2.24) is 14.8 Å². The molecule has 3 aromatic rings. The van der Waals surface area contributed by atoms with Crippen LogP contribution in [0.15, 0.2) is 96.5 Å². The first-order chi connectivity index (χ1) is 20.8. The van der Waals surface area contributed by atoms with Crippen LogP contribution < -0.4 is 10.7 Å². The second kappa shape index (κ2) is 15.4. The third-order valence-corrected chi connectivity index (χ3v) is 6.70. The molecule has 0 bridgehead atoms. The third-order valence-electron chi connectivity index (χ3n) is 6.70. The van der Waals surface area contributed by atoms with Crippen LogP contribution in [0.3, 0.4) is 0 Å². The number of rotatable bonds is 10. The summed E-state index contributed by atoms with van der Waals surface area (Å²) in [5.74, 6) is -4.05. The van der Waals surface area contributed by atoms with Gasteiger partial charge in [0.2, 0.25) is 5.43 Å². The summed E-state index contributed by atoms with van der Waals surface area (Å²) in [4.78, 5) is 41.2. The molecule has 0 saturated carbocycles. The second-order valence-electron chi connectivity index (χ2n) is 9.25. The molecule has 0 fully saturated rings. The summed E-state index contributed by atoms with van der Waals surface area (Å²) in [5.41, 5.74) is -0.946. The van der Waals surface area contributed by atoms with E-state index in [1.165, 1.54) is 28.8 Å². The molecule has 2 aromatic carbocycles. The average molecular weight is 592 g/mol. The molecule has 2 amide bonds. The van der Waals surface area contributed by atoms with E-state index in [-0.39, 0.29) is 24.3 Å². The smallest absolute Gasteiger partial charge is 0.277 e. The predicted octanol–water partition coefficient (Wildman–Crippen LogP) is 5.65. The van der Waals surface area contributed by atoms with Gasteiger partial charge in [-0.1, -0.05) is 87.2 Å². The highest BCUT2D eigenvalue weighted by atomic mass is 19.1. The predicted molar refractivity (Wildman–Crippen MR) is 160 cm³/mol. The molecule has 2 heterocycles. The zero-order valence-corrected chi connectivity index (χ0v) is 24.3. The first kappa shape index (κ1) is 32.7. The number of halogens is 2. The van der Waals surface area contributed by atoms with Gasteiger partial charge in [-0.3, -0.25) is 14.4 Å². The molecule has 2 N–H and O–H groups in total. The molecule has 1 aliphatic rings. The molecule has 1 aromatic heterocycles. The largest absolute Gasteiger partial charge is 0.503 e. The van der Waals surface area contributed by atoms with Gasteiger partial charge < -0.3 is 24.6 Å². The SMILES string of the molecule is C=C/C=C\C=C\C[C@@H](c1ccccc1)N1C(=O)c2c(O)c(=O)c(C(=O)NCc3ccc(F)cc3F)cn2CC1OC.CC. The summed E-state index contributed by atoms with van der Waals surface area (Å²) in [6.45, 7) is 7.33. The maximum absolute atomic E-state index is 14.0. The van der Waals surface area contributed by atoms with Crippen molar-refractivity contribution < 1.29 is 28.2 Å². The highest BCUT2D eigenvalue weighted by molar-refractivity contribution is 5.99. The van der Waals surface area contributed by atoms with Crippen molar-refractivity contribution in [2.45, 2.75) is 45.6 Å². The summed E-state index contributed by atoms with van der Waals surface area (Å²) < 4.78 is 34.2. The monoisotopic (exact) mass is 591 g/mol. The topological polar surface area (TPSA) is 101 Å². The lowest BCUT2D eigenvalue weighted by atomic mass is 9.99. The van der Waals surface area contributed by atoms with Gasteiger partial charge in [0.1, 0.15) is 17.2 Å². The van der Waals surface area contributed by atoms with Crippen molar-refractivity contribution in [3.63, 3.8) is 0 Å². The summed E-state index contributed by atoms with van der Waals surface area (Å²) >= 11 is 0. The van der Waals surface area contributed by atoms with E-state index in [2.05, 4.69) is 11.9 Å². The molecule has 0 saturated heterocycles. The number of fused-ring (bicyclic) bond motifs is 1. The van der Waals surface area contributed by atoms with E-state index in [0.717, 1.165) is 11.6 Å². The van der Waals surface area contributed by atoms with Crippen LogP contribution in [-0.2, 0) is 17.8 Å². The van der Waals surface area contributed by atoms with Crippen LogP contribution in [0.4, 0.5) is 8.78 Å². The van der Waals surface area contributed by atoms with Crippen LogP contribution in [-0.4, -0.2) is 39.7 Å². The van der Waals surface area contributed by atoms with Gasteiger partial charge >= 0.3 is 0 Å². The molecule has 1 aliphatic heterocycles. The molecule has 0 aliphatic carbocycles. The van der Waals surface area contributed by atoms with Crippen LogP contribution in [0.2, 0.25) is 0 Å². The van der Waals surface area contributed by atoms with Gasteiger partial charge in [-0.05, 0) is 18.1 Å². The fraction of sp³-hybridized carbons (Fsp3) is 0.242. The lowest BCUT2D eigenvalue weighted by Gasteiger charge is -2.41. The molecular formula is C33H35F2N3O5. The van der Waals surface area contributed by atoms with Gasteiger partial charge in [-0.15, -0.1) is 0 Å². The van der Waals surface area contributed by atoms with E-state index in [4.69, 9.17) is 4.74 Å². The van der Waals surface area contributed by atoms with Crippen molar-refractivity contribution in [2.75, 3.05) is 7.11 Å². The van der Waals surface area contributed by atoms with Crippen molar-refractivity contribution in [3.8, 4) is 5.75 Å². The zero-order chi connectivity index (χ0) is 31.5.